The predicted octanol–water partition coefficient (Wildman–Crippen LogP) is 4.63. The Kier molecular flexibility index (Phi) is 5.64. The Bertz CT molecular complexity index is 1610. The summed E-state index contributed by atoms with van der Waals surface area (Å²) in [5.74, 6) is -1.96. The minimum Gasteiger partial charge on any atom is -0.461 e. The van der Waals surface area contributed by atoms with Gasteiger partial charge in [0, 0.05) is 10.8 Å². The van der Waals surface area contributed by atoms with E-state index in [9.17, 15) is 18.8 Å². The number of thiophene rings is 1. The number of rotatable bonds is 5. The minimum absolute atomic E-state index is 0.0285. The zero-order valence-corrected chi connectivity index (χ0v) is 19.2. The molecular weight excluding hydrogens is 479 g/mol. The second-order valence-electron chi connectivity index (χ2n) is 7.03. The molecule has 0 bridgehead atoms. The quantitative estimate of drug-likeness (QED) is 0.358. The fraction of sp³-hybridized carbons (Fsp3) is 0.0870. The van der Waals surface area contributed by atoms with Crippen molar-refractivity contribution in [2.45, 2.75) is 6.92 Å². The van der Waals surface area contributed by atoms with Gasteiger partial charge < -0.3 is 10.1 Å². The van der Waals surface area contributed by atoms with Gasteiger partial charge in [-0.25, -0.2) is 14.2 Å². The van der Waals surface area contributed by atoms with Gasteiger partial charge in [-0.05, 0) is 31.2 Å². The largest absolute Gasteiger partial charge is 0.461 e. The highest BCUT2D eigenvalue weighted by Gasteiger charge is 2.24. The van der Waals surface area contributed by atoms with Crippen molar-refractivity contribution in [3.8, 4) is 5.69 Å². The molecule has 0 aliphatic carbocycles. The van der Waals surface area contributed by atoms with Crippen LogP contribution in [0.25, 0.3) is 26.7 Å². The van der Waals surface area contributed by atoms with Gasteiger partial charge in [0.15, 0.2) is 10.7 Å². The Hall–Kier alpha value is -3.96. The first-order chi connectivity index (χ1) is 16.5. The first-order valence-corrected chi connectivity index (χ1v) is 11.8. The van der Waals surface area contributed by atoms with Gasteiger partial charge in [-0.15, -0.1) is 22.7 Å². The van der Waals surface area contributed by atoms with Crippen LogP contribution in [0.15, 0.2) is 58.7 Å². The minimum atomic E-state index is -0.764. The summed E-state index contributed by atoms with van der Waals surface area (Å²) in [6.07, 6.45) is 0. The maximum absolute atomic E-state index is 14.5. The van der Waals surface area contributed by atoms with Crippen molar-refractivity contribution < 1.29 is 18.7 Å². The zero-order valence-electron chi connectivity index (χ0n) is 17.6. The van der Waals surface area contributed by atoms with E-state index in [-0.39, 0.29) is 38.8 Å². The second kappa shape index (κ2) is 8.76. The number of carbonyl (C=O) groups is 2. The summed E-state index contributed by atoms with van der Waals surface area (Å²) in [5, 5.41) is 9.01. The van der Waals surface area contributed by atoms with E-state index in [0.717, 1.165) is 20.7 Å². The molecule has 170 valence electrons. The summed E-state index contributed by atoms with van der Waals surface area (Å²) in [4.78, 5) is 43.3. The number of hydrogen-bond donors (Lipinski definition) is 1. The summed E-state index contributed by atoms with van der Waals surface area (Å²) >= 11 is 2.27. The van der Waals surface area contributed by atoms with E-state index in [1.807, 2.05) is 18.2 Å². The molecule has 5 rings (SSSR count). The van der Waals surface area contributed by atoms with Gasteiger partial charge >= 0.3 is 5.97 Å². The molecule has 2 aromatic carbocycles. The van der Waals surface area contributed by atoms with Crippen LogP contribution in [-0.2, 0) is 4.74 Å². The van der Waals surface area contributed by atoms with Gasteiger partial charge in [0.1, 0.15) is 16.5 Å². The molecule has 0 fully saturated rings. The Balaban J connectivity index is 1.65. The van der Waals surface area contributed by atoms with Gasteiger partial charge in [-0.1, -0.05) is 24.3 Å². The third-order valence-corrected chi connectivity index (χ3v) is 6.85. The number of carbonyl (C=O) groups excluding carboxylic acids is 2. The third-order valence-electron chi connectivity index (χ3n) is 4.92. The summed E-state index contributed by atoms with van der Waals surface area (Å²) in [5.41, 5.74) is -0.288. The summed E-state index contributed by atoms with van der Waals surface area (Å²) in [6, 6.07) is 12.9. The van der Waals surface area contributed by atoms with Crippen molar-refractivity contribution >= 4 is 60.5 Å². The van der Waals surface area contributed by atoms with Gasteiger partial charge in [0.05, 0.1) is 22.2 Å². The van der Waals surface area contributed by atoms with Crippen LogP contribution in [0.5, 0.6) is 0 Å². The molecule has 0 saturated heterocycles. The third kappa shape index (κ3) is 3.74. The molecule has 34 heavy (non-hydrogen) atoms. The zero-order chi connectivity index (χ0) is 23.8. The Morgan fingerprint density at radius 1 is 1.15 bits per heavy atom. The van der Waals surface area contributed by atoms with Gasteiger partial charge in [-0.2, -0.15) is 9.78 Å². The van der Waals surface area contributed by atoms with E-state index < -0.39 is 23.3 Å². The number of aromatic nitrogens is 3. The molecule has 1 amide bonds. The number of para-hydroxylation sites is 2. The van der Waals surface area contributed by atoms with Crippen LogP contribution in [0, 0.1) is 5.82 Å². The van der Waals surface area contributed by atoms with E-state index in [0.29, 0.717) is 5.52 Å². The highest BCUT2D eigenvalue weighted by atomic mass is 32.1. The van der Waals surface area contributed by atoms with Crippen LogP contribution in [0.2, 0.25) is 0 Å². The number of halogens is 1. The first-order valence-electron chi connectivity index (χ1n) is 10.1. The monoisotopic (exact) mass is 494 g/mol. The van der Waals surface area contributed by atoms with Crippen molar-refractivity contribution in [2.24, 2.45) is 0 Å². The Morgan fingerprint density at radius 3 is 2.68 bits per heavy atom. The normalized spacial score (nSPS) is 11.1. The average molecular weight is 495 g/mol. The molecule has 5 aromatic rings. The maximum Gasteiger partial charge on any atom is 0.359 e. The number of ether oxygens (including phenoxy) is 1. The number of amides is 1. The van der Waals surface area contributed by atoms with E-state index in [1.54, 1.807) is 19.1 Å². The SMILES string of the molecule is CCOC(=O)c1nn(-c2ccccc2F)c(=O)c2c(NC(=O)c3nc4ccccc4s3)scc12. The van der Waals surface area contributed by atoms with Gasteiger partial charge in [0.2, 0.25) is 0 Å². The lowest BCUT2D eigenvalue weighted by molar-refractivity contribution is 0.0519. The van der Waals surface area contributed by atoms with Gasteiger partial charge in [-0.3, -0.25) is 9.59 Å². The number of esters is 1. The topological polar surface area (TPSA) is 103 Å². The molecule has 0 aliphatic rings. The lowest BCUT2D eigenvalue weighted by atomic mass is 10.2. The second-order valence-corrected chi connectivity index (χ2v) is 8.94. The van der Waals surface area contributed by atoms with Crippen molar-refractivity contribution in [1.82, 2.24) is 14.8 Å². The van der Waals surface area contributed by atoms with E-state index >= 15 is 0 Å². The molecule has 8 nitrogen and oxygen atoms in total. The average Bonchev–Trinajstić information content (AvgIpc) is 3.45. The Labute approximate surface area is 199 Å². The standard InChI is InChI=1S/C23H15FN4O4S2/c1-2-32-23(31)18-12-11-33-20(26-19(29)21-25-14-8-4-6-10-16(14)34-21)17(12)22(30)28(27-18)15-9-5-3-7-13(15)24/h3-11H,2H2,1H3,(H,26,29). The van der Waals surface area contributed by atoms with Crippen molar-refractivity contribution in [1.29, 1.82) is 0 Å². The summed E-state index contributed by atoms with van der Waals surface area (Å²) in [6.45, 7) is 1.73. The van der Waals surface area contributed by atoms with Crippen LogP contribution in [0.4, 0.5) is 9.39 Å². The lowest BCUT2D eigenvalue weighted by Gasteiger charge is -2.10. The van der Waals surface area contributed by atoms with Crippen LogP contribution < -0.4 is 10.9 Å². The predicted molar refractivity (Wildman–Crippen MR) is 129 cm³/mol. The number of nitrogens with zero attached hydrogens (tertiary/aromatic N) is 3. The fourth-order valence-corrected chi connectivity index (χ4v) is 5.20. The van der Waals surface area contributed by atoms with Crippen LogP contribution in [0.3, 0.4) is 0 Å². The molecule has 0 spiro atoms. The van der Waals surface area contributed by atoms with Crippen molar-refractivity contribution in [3.05, 3.63) is 80.8 Å². The number of fused-ring (bicyclic) bond motifs is 2. The molecule has 0 atom stereocenters. The molecule has 0 saturated carbocycles. The smallest absolute Gasteiger partial charge is 0.359 e. The highest BCUT2D eigenvalue weighted by molar-refractivity contribution is 7.20. The number of benzene rings is 2. The van der Waals surface area contributed by atoms with Crippen LogP contribution in [-0.4, -0.2) is 33.2 Å². The fourth-order valence-electron chi connectivity index (χ4n) is 3.40. The number of anilines is 1. The van der Waals surface area contributed by atoms with E-state index in [1.165, 1.54) is 34.9 Å². The highest BCUT2D eigenvalue weighted by Crippen LogP contribution is 2.32. The molecular formula is C23H15FN4O4S2. The van der Waals surface area contributed by atoms with Gasteiger partial charge in [0.25, 0.3) is 11.5 Å². The number of nitrogens with one attached hydrogen (secondary N) is 1. The van der Waals surface area contributed by atoms with E-state index in [4.69, 9.17) is 4.74 Å². The van der Waals surface area contributed by atoms with E-state index in [2.05, 4.69) is 15.4 Å². The number of thiazole rings is 1. The molecule has 11 heteroatoms. The number of hydrogen-bond acceptors (Lipinski definition) is 8. The van der Waals surface area contributed by atoms with Crippen LogP contribution >= 0.6 is 22.7 Å². The molecule has 0 aliphatic heterocycles. The summed E-state index contributed by atoms with van der Waals surface area (Å²) < 4.78 is 21.3. The van der Waals surface area contributed by atoms with Crippen molar-refractivity contribution in [2.75, 3.05) is 11.9 Å². The molecule has 0 radical (unpaired) electrons. The molecule has 1 N–H and O–H groups in total. The van der Waals surface area contributed by atoms with Crippen LogP contribution in [0.1, 0.15) is 27.2 Å². The lowest BCUT2D eigenvalue weighted by Crippen LogP contribution is -2.26. The molecule has 3 aromatic heterocycles. The summed E-state index contributed by atoms with van der Waals surface area (Å²) in [7, 11) is 0. The van der Waals surface area contributed by atoms with Crippen molar-refractivity contribution in [3.63, 3.8) is 0 Å². The molecule has 0 unspecified atom stereocenters. The molecule has 3 heterocycles. The Morgan fingerprint density at radius 2 is 1.91 bits per heavy atom. The maximum atomic E-state index is 14.5. The first kappa shape index (κ1) is 21.9.